The van der Waals surface area contributed by atoms with E-state index in [4.69, 9.17) is 4.52 Å². The lowest BCUT2D eigenvalue weighted by atomic mass is 10.2. The van der Waals surface area contributed by atoms with Crippen LogP contribution in [-0.4, -0.2) is 31.6 Å². The molecule has 0 bridgehead atoms. The second kappa shape index (κ2) is 8.33. The maximum absolute atomic E-state index is 12.1. The average Bonchev–Trinajstić information content (AvgIpc) is 3.20. The van der Waals surface area contributed by atoms with E-state index in [1.165, 1.54) is 11.8 Å². The maximum Gasteiger partial charge on any atom is 0.236 e. The molecule has 1 N–H and O–H groups in total. The van der Waals surface area contributed by atoms with Crippen LogP contribution in [0.2, 0.25) is 0 Å². The van der Waals surface area contributed by atoms with E-state index in [1.807, 2.05) is 28.8 Å². The molecule has 26 heavy (non-hydrogen) atoms. The first-order chi connectivity index (χ1) is 12.6. The summed E-state index contributed by atoms with van der Waals surface area (Å²) in [5.41, 5.74) is 0.942. The first kappa shape index (κ1) is 18.4. The van der Waals surface area contributed by atoms with Gasteiger partial charge in [0.25, 0.3) is 0 Å². The molecule has 2 heterocycles. The van der Waals surface area contributed by atoms with Crippen LogP contribution >= 0.6 is 27.7 Å². The number of carbonyl (C=O) groups is 1. The Morgan fingerprint density at radius 3 is 2.81 bits per heavy atom. The molecule has 9 heteroatoms. The molecule has 134 valence electrons. The molecule has 0 fully saturated rings. The summed E-state index contributed by atoms with van der Waals surface area (Å²) in [6.07, 6.45) is 1.77. The third-order valence-electron chi connectivity index (χ3n) is 3.36. The van der Waals surface area contributed by atoms with E-state index in [0.29, 0.717) is 23.3 Å². The Kier molecular flexibility index (Phi) is 5.89. The first-order valence-corrected chi connectivity index (χ1v) is 9.50. The number of allylic oxidation sites excluding steroid dienone is 1. The van der Waals surface area contributed by atoms with Crippen molar-refractivity contribution in [3.05, 3.63) is 53.2 Å². The van der Waals surface area contributed by atoms with Gasteiger partial charge >= 0.3 is 0 Å². The predicted octanol–water partition coefficient (Wildman–Crippen LogP) is 3.92. The molecule has 0 aliphatic rings. The quantitative estimate of drug-likeness (QED) is 0.448. The van der Waals surface area contributed by atoms with E-state index in [9.17, 15) is 4.79 Å². The number of hydrogen-bond donors (Lipinski definition) is 1. The summed E-state index contributed by atoms with van der Waals surface area (Å²) < 4.78 is 7.84. The topological polar surface area (TPSA) is 85.8 Å². The van der Waals surface area contributed by atoms with E-state index >= 15 is 0 Å². The van der Waals surface area contributed by atoms with Crippen molar-refractivity contribution in [3.63, 3.8) is 0 Å². The number of anilines is 1. The zero-order valence-electron chi connectivity index (χ0n) is 14.0. The fourth-order valence-corrected chi connectivity index (χ4v) is 3.25. The molecular formula is C17H16BrN5O2S. The fraction of sp³-hybridized carbons (Fsp3) is 0.176. The first-order valence-electron chi connectivity index (χ1n) is 7.73. The smallest absolute Gasteiger partial charge is 0.236 e. The Balaban J connectivity index is 1.72. The molecule has 0 aliphatic carbocycles. The minimum absolute atomic E-state index is 0.182. The van der Waals surface area contributed by atoms with Gasteiger partial charge in [-0.05, 0) is 19.1 Å². The Bertz CT molecular complexity index is 920. The lowest BCUT2D eigenvalue weighted by Crippen LogP contribution is -2.14. The Labute approximate surface area is 163 Å². The van der Waals surface area contributed by atoms with Gasteiger partial charge in [0.05, 0.1) is 5.75 Å². The van der Waals surface area contributed by atoms with Crippen molar-refractivity contribution in [1.82, 2.24) is 19.9 Å². The lowest BCUT2D eigenvalue weighted by molar-refractivity contribution is -0.113. The van der Waals surface area contributed by atoms with Crippen LogP contribution < -0.4 is 5.32 Å². The van der Waals surface area contributed by atoms with Gasteiger partial charge in [0.15, 0.2) is 16.8 Å². The molecule has 0 saturated heterocycles. The van der Waals surface area contributed by atoms with Crippen LogP contribution in [0.15, 0.2) is 57.1 Å². The standard InChI is InChI=1S/C17H16BrN5O2S/c1-3-8-23-16(12-4-6-13(18)7-5-12)20-21-17(23)26-10-15(24)19-14-9-11(2)25-22-14/h3-7,9H,1,8,10H2,2H3,(H,19,22,24). The number of nitrogens with one attached hydrogen (secondary N) is 1. The summed E-state index contributed by atoms with van der Waals surface area (Å²) in [5, 5.41) is 15.6. The van der Waals surface area contributed by atoms with Crippen molar-refractivity contribution in [1.29, 1.82) is 0 Å². The third-order valence-corrected chi connectivity index (χ3v) is 4.85. The highest BCUT2D eigenvalue weighted by atomic mass is 79.9. The molecule has 3 aromatic rings. The number of halogens is 1. The average molecular weight is 434 g/mol. The molecule has 7 nitrogen and oxygen atoms in total. The highest BCUT2D eigenvalue weighted by Gasteiger charge is 2.15. The Hall–Kier alpha value is -2.39. The molecule has 0 radical (unpaired) electrons. The predicted molar refractivity (Wildman–Crippen MR) is 104 cm³/mol. The molecule has 0 saturated carbocycles. The second-order valence-electron chi connectivity index (χ2n) is 5.37. The van der Waals surface area contributed by atoms with Gasteiger partial charge in [-0.3, -0.25) is 9.36 Å². The molecule has 0 unspecified atom stereocenters. The fourth-order valence-electron chi connectivity index (χ4n) is 2.24. The monoisotopic (exact) mass is 433 g/mol. The van der Waals surface area contributed by atoms with E-state index in [-0.39, 0.29) is 11.7 Å². The van der Waals surface area contributed by atoms with Gasteiger partial charge in [0.2, 0.25) is 5.91 Å². The zero-order valence-corrected chi connectivity index (χ0v) is 16.4. The van der Waals surface area contributed by atoms with Crippen LogP contribution in [0.3, 0.4) is 0 Å². The van der Waals surface area contributed by atoms with Crippen LogP contribution in [-0.2, 0) is 11.3 Å². The molecule has 0 atom stereocenters. The van der Waals surface area contributed by atoms with Gasteiger partial charge in [-0.15, -0.1) is 16.8 Å². The normalized spacial score (nSPS) is 10.7. The molecule has 0 spiro atoms. The van der Waals surface area contributed by atoms with Crippen LogP contribution in [0.25, 0.3) is 11.4 Å². The van der Waals surface area contributed by atoms with Crippen molar-refractivity contribution in [2.24, 2.45) is 0 Å². The molecule has 1 aromatic carbocycles. The highest BCUT2D eigenvalue weighted by Crippen LogP contribution is 2.25. The highest BCUT2D eigenvalue weighted by molar-refractivity contribution is 9.10. The van der Waals surface area contributed by atoms with Crippen LogP contribution in [0.1, 0.15) is 5.76 Å². The number of hydrogen-bond acceptors (Lipinski definition) is 6. The summed E-state index contributed by atoms with van der Waals surface area (Å²) in [5.74, 6) is 1.75. The molecule has 2 aromatic heterocycles. The van der Waals surface area contributed by atoms with E-state index in [2.05, 4.69) is 43.2 Å². The number of nitrogens with zero attached hydrogens (tertiary/aromatic N) is 4. The van der Waals surface area contributed by atoms with Crippen molar-refractivity contribution in [3.8, 4) is 11.4 Å². The van der Waals surface area contributed by atoms with Gasteiger partial charge in [-0.1, -0.05) is 51.1 Å². The van der Waals surface area contributed by atoms with Crippen LogP contribution in [0.4, 0.5) is 5.82 Å². The number of aryl methyl sites for hydroxylation is 1. The van der Waals surface area contributed by atoms with Gasteiger partial charge in [0, 0.05) is 22.6 Å². The number of rotatable bonds is 7. The summed E-state index contributed by atoms with van der Waals surface area (Å²) in [6.45, 7) is 6.10. The van der Waals surface area contributed by atoms with E-state index in [1.54, 1.807) is 19.1 Å². The summed E-state index contributed by atoms with van der Waals surface area (Å²) in [7, 11) is 0. The van der Waals surface area contributed by atoms with Crippen molar-refractivity contribution >= 4 is 39.4 Å². The van der Waals surface area contributed by atoms with E-state index < -0.39 is 0 Å². The summed E-state index contributed by atoms with van der Waals surface area (Å²) in [6, 6.07) is 9.47. The largest absolute Gasteiger partial charge is 0.360 e. The van der Waals surface area contributed by atoms with Gasteiger partial charge < -0.3 is 9.84 Å². The van der Waals surface area contributed by atoms with Crippen molar-refractivity contribution in [2.45, 2.75) is 18.6 Å². The number of benzene rings is 1. The molecular weight excluding hydrogens is 418 g/mol. The van der Waals surface area contributed by atoms with Crippen molar-refractivity contribution < 1.29 is 9.32 Å². The number of amides is 1. The lowest BCUT2D eigenvalue weighted by Gasteiger charge is -2.07. The zero-order chi connectivity index (χ0) is 18.5. The van der Waals surface area contributed by atoms with Gasteiger partial charge in [-0.2, -0.15) is 0 Å². The minimum Gasteiger partial charge on any atom is -0.360 e. The van der Waals surface area contributed by atoms with Crippen molar-refractivity contribution in [2.75, 3.05) is 11.1 Å². The molecule has 3 rings (SSSR count). The third kappa shape index (κ3) is 4.41. The molecule has 0 aliphatic heterocycles. The maximum atomic E-state index is 12.1. The van der Waals surface area contributed by atoms with Gasteiger partial charge in [0.1, 0.15) is 5.76 Å². The summed E-state index contributed by atoms with van der Waals surface area (Å²) in [4.78, 5) is 12.1. The molecule has 1 amide bonds. The number of carbonyl (C=O) groups excluding carboxylic acids is 1. The number of aromatic nitrogens is 4. The SMILES string of the molecule is C=CCn1c(SCC(=O)Nc2cc(C)on2)nnc1-c1ccc(Br)cc1. The number of thioether (sulfide) groups is 1. The summed E-state index contributed by atoms with van der Waals surface area (Å²) >= 11 is 4.72. The minimum atomic E-state index is -0.193. The van der Waals surface area contributed by atoms with E-state index in [0.717, 1.165) is 15.9 Å². The second-order valence-corrected chi connectivity index (χ2v) is 7.23. The Morgan fingerprint density at radius 2 is 2.15 bits per heavy atom. The van der Waals surface area contributed by atoms with Gasteiger partial charge in [-0.25, -0.2) is 0 Å². The van der Waals surface area contributed by atoms with Crippen LogP contribution in [0.5, 0.6) is 0 Å². The van der Waals surface area contributed by atoms with Crippen LogP contribution in [0, 0.1) is 6.92 Å². The Morgan fingerprint density at radius 1 is 1.38 bits per heavy atom.